The van der Waals surface area contributed by atoms with Gasteiger partial charge < -0.3 is 5.32 Å². The minimum Gasteiger partial charge on any atom is -0.353 e. The van der Waals surface area contributed by atoms with Gasteiger partial charge in [-0.2, -0.15) is 0 Å². The van der Waals surface area contributed by atoms with Gasteiger partial charge in [-0.1, -0.05) is 18.5 Å². The molecule has 0 aromatic carbocycles. The quantitative estimate of drug-likeness (QED) is 0.863. The van der Waals surface area contributed by atoms with Crippen molar-refractivity contribution >= 4 is 33.4 Å². The summed E-state index contributed by atoms with van der Waals surface area (Å²) in [6, 6.07) is 3.55. The van der Waals surface area contributed by atoms with Crippen molar-refractivity contribution in [2.75, 3.05) is 13.1 Å². The zero-order chi connectivity index (χ0) is 13.1. The number of nitrogens with one attached hydrogen (secondary N) is 1. The fourth-order valence-corrected chi connectivity index (χ4v) is 2.67. The third-order valence-electron chi connectivity index (χ3n) is 3.07. The zero-order valence-electron chi connectivity index (χ0n) is 10.1. The lowest BCUT2D eigenvalue weighted by molar-refractivity contribution is -0.129. The molecule has 0 spiro atoms. The molecule has 2 rings (SSSR count). The first-order chi connectivity index (χ1) is 8.61. The number of hydrogen-bond acceptors (Lipinski definition) is 3. The summed E-state index contributed by atoms with van der Waals surface area (Å²) in [4.78, 5) is 18.2. The molecule has 1 aliphatic rings. The molecule has 98 valence electrons. The van der Waals surface area contributed by atoms with E-state index in [1.54, 1.807) is 6.07 Å². The van der Waals surface area contributed by atoms with Crippen LogP contribution in [0.25, 0.3) is 0 Å². The van der Waals surface area contributed by atoms with E-state index in [4.69, 9.17) is 11.6 Å². The van der Waals surface area contributed by atoms with Crippen molar-refractivity contribution in [1.29, 1.82) is 0 Å². The van der Waals surface area contributed by atoms with E-state index >= 15 is 0 Å². The van der Waals surface area contributed by atoms with Crippen molar-refractivity contribution < 1.29 is 4.79 Å². The number of piperazine rings is 1. The molecule has 4 nitrogen and oxygen atoms in total. The first-order valence-electron chi connectivity index (χ1n) is 5.94. The van der Waals surface area contributed by atoms with Gasteiger partial charge in [0.1, 0.15) is 5.15 Å². The summed E-state index contributed by atoms with van der Waals surface area (Å²) >= 11 is 9.37. The van der Waals surface area contributed by atoms with E-state index in [-0.39, 0.29) is 11.9 Å². The standard InChI is InChI=1S/C12H15BrClN3O/c1-2-10-12(18)15-5-6-17(10)7-9-8(13)3-4-11(14)16-9/h3-4,10H,2,5-7H2,1H3,(H,15,18). The summed E-state index contributed by atoms with van der Waals surface area (Å²) in [5.41, 5.74) is 0.871. The highest BCUT2D eigenvalue weighted by Gasteiger charge is 2.28. The average molecular weight is 333 g/mol. The van der Waals surface area contributed by atoms with E-state index in [1.807, 2.05) is 13.0 Å². The first kappa shape index (κ1) is 13.8. The van der Waals surface area contributed by atoms with Gasteiger partial charge in [-0.25, -0.2) is 4.98 Å². The van der Waals surface area contributed by atoms with Crippen molar-refractivity contribution in [1.82, 2.24) is 15.2 Å². The number of pyridine rings is 1. The molecule has 0 aliphatic carbocycles. The predicted octanol–water partition coefficient (Wildman–Crippen LogP) is 2.21. The van der Waals surface area contributed by atoms with Crippen LogP contribution >= 0.6 is 27.5 Å². The van der Waals surface area contributed by atoms with Crippen molar-refractivity contribution in [3.63, 3.8) is 0 Å². The third-order valence-corrected chi connectivity index (χ3v) is 4.00. The molecule has 1 saturated heterocycles. The maximum absolute atomic E-state index is 11.8. The molecule has 1 aromatic rings. The van der Waals surface area contributed by atoms with Crippen LogP contribution < -0.4 is 5.32 Å². The van der Waals surface area contributed by atoms with E-state index < -0.39 is 0 Å². The summed E-state index contributed by atoms with van der Waals surface area (Å²) < 4.78 is 0.924. The monoisotopic (exact) mass is 331 g/mol. The van der Waals surface area contributed by atoms with E-state index in [0.29, 0.717) is 18.2 Å². The summed E-state index contributed by atoms with van der Waals surface area (Å²) in [5.74, 6) is 0.0990. The zero-order valence-corrected chi connectivity index (χ0v) is 12.5. The minimum atomic E-state index is -0.0774. The molecule has 2 heterocycles. The van der Waals surface area contributed by atoms with Crippen molar-refractivity contribution in [3.05, 3.63) is 27.5 Å². The Morgan fingerprint density at radius 3 is 3.11 bits per heavy atom. The Balaban J connectivity index is 2.16. The average Bonchev–Trinajstić information content (AvgIpc) is 2.34. The Labute approximate surface area is 120 Å². The van der Waals surface area contributed by atoms with Gasteiger partial charge in [-0.15, -0.1) is 0 Å². The highest BCUT2D eigenvalue weighted by molar-refractivity contribution is 9.10. The van der Waals surface area contributed by atoms with Gasteiger partial charge in [-0.05, 0) is 34.5 Å². The molecule has 1 fully saturated rings. The second-order valence-corrected chi connectivity index (χ2v) is 5.49. The molecular formula is C12H15BrClN3O. The second-order valence-electron chi connectivity index (χ2n) is 4.25. The van der Waals surface area contributed by atoms with E-state index in [0.717, 1.165) is 23.1 Å². The molecule has 0 saturated carbocycles. The Morgan fingerprint density at radius 2 is 2.39 bits per heavy atom. The number of carbonyl (C=O) groups excluding carboxylic acids is 1. The number of carbonyl (C=O) groups is 1. The fourth-order valence-electron chi connectivity index (χ4n) is 2.16. The molecule has 1 amide bonds. The fraction of sp³-hybridized carbons (Fsp3) is 0.500. The van der Waals surface area contributed by atoms with Crippen molar-refractivity contribution in [2.45, 2.75) is 25.9 Å². The van der Waals surface area contributed by atoms with Crippen LogP contribution in [0.5, 0.6) is 0 Å². The Kier molecular flexibility index (Phi) is 4.59. The Hall–Kier alpha value is -0.650. The van der Waals surface area contributed by atoms with Crippen LogP contribution in [-0.4, -0.2) is 34.9 Å². The first-order valence-corrected chi connectivity index (χ1v) is 7.11. The van der Waals surface area contributed by atoms with Crippen LogP contribution in [0.15, 0.2) is 16.6 Å². The number of halogens is 2. The number of amides is 1. The molecule has 18 heavy (non-hydrogen) atoms. The van der Waals surface area contributed by atoms with Crippen LogP contribution in [0.2, 0.25) is 5.15 Å². The number of nitrogens with zero attached hydrogens (tertiary/aromatic N) is 2. The van der Waals surface area contributed by atoms with Gasteiger partial charge in [0, 0.05) is 24.1 Å². The molecule has 1 unspecified atom stereocenters. The van der Waals surface area contributed by atoms with Crippen LogP contribution in [0.4, 0.5) is 0 Å². The number of aromatic nitrogens is 1. The normalized spacial score (nSPS) is 20.8. The largest absolute Gasteiger partial charge is 0.353 e. The molecular weight excluding hydrogens is 318 g/mol. The summed E-state index contributed by atoms with van der Waals surface area (Å²) in [5, 5.41) is 3.36. The van der Waals surface area contributed by atoms with Gasteiger partial charge in [0.15, 0.2) is 0 Å². The lowest BCUT2D eigenvalue weighted by Gasteiger charge is -2.34. The predicted molar refractivity (Wildman–Crippen MR) is 74.4 cm³/mol. The maximum Gasteiger partial charge on any atom is 0.237 e. The van der Waals surface area contributed by atoms with Gasteiger partial charge >= 0.3 is 0 Å². The Morgan fingerprint density at radius 1 is 1.61 bits per heavy atom. The molecule has 0 radical (unpaired) electrons. The molecule has 6 heteroatoms. The van der Waals surface area contributed by atoms with Crippen molar-refractivity contribution in [2.24, 2.45) is 0 Å². The van der Waals surface area contributed by atoms with E-state index in [9.17, 15) is 4.79 Å². The van der Waals surface area contributed by atoms with Gasteiger partial charge in [0.25, 0.3) is 0 Å². The lowest BCUT2D eigenvalue weighted by atomic mass is 10.1. The van der Waals surface area contributed by atoms with Gasteiger partial charge in [0.2, 0.25) is 5.91 Å². The smallest absolute Gasteiger partial charge is 0.237 e. The number of hydrogen-bond donors (Lipinski definition) is 1. The number of rotatable bonds is 3. The van der Waals surface area contributed by atoms with E-state index in [1.165, 1.54) is 0 Å². The summed E-state index contributed by atoms with van der Waals surface area (Å²) in [6.45, 7) is 4.18. The highest BCUT2D eigenvalue weighted by Crippen LogP contribution is 2.21. The topological polar surface area (TPSA) is 45.2 Å². The van der Waals surface area contributed by atoms with Crippen LogP contribution in [0, 0.1) is 0 Å². The maximum atomic E-state index is 11.8. The summed E-state index contributed by atoms with van der Waals surface area (Å²) in [6.07, 6.45) is 0.796. The van der Waals surface area contributed by atoms with Crippen LogP contribution in [0.1, 0.15) is 19.0 Å². The summed E-state index contributed by atoms with van der Waals surface area (Å²) in [7, 11) is 0. The molecule has 1 aliphatic heterocycles. The minimum absolute atomic E-state index is 0.0774. The van der Waals surface area contributed by atoms with Gasteiger partial charge in [0.05, 0.1) is 11.7 Å². The Bertz CT molecular complexity index is 455. The van der Waals surface area contributed by atoms with E-state index in [2.05, 4.69) is 31.1 Å². The van der Waals surface area contributed by atoms with Crippen LogP contribution in [-0.2, 0) is 11.3 Å². The molecule has 0 bridgehead atoms. The molecule has 1 atom stereocenters. The highest BCUT2D eigenvalue weighted by atomic mass is 79.9. The van der Waals surface area contributed by atoms with Crippen molar-refractivity contribution in [3.8, 4) is 0 Å². The third kappa shape index (κ3) is 3.02. The van der Waals surface area contributed by atoms with Crippen LogP contribution in [0.3, 0.4) is 0 Å². The SMILES string of the molecule is CCC1C(=O)NCCN1Cc1nc(Cl)ccc1Br. The van der Waals surface area contributed by atoms with Gasteiger partial charge in [-0.3, -0.25) is 9.69 Å². The second kappa shape index (κ2) is 5.99. The lowest BCUT2D eigenvalue weighted by Crippen LogP contribution is -2.54. The molecule has 1 N–H and O–H groups in total. The molecule has 1 aromatic heterocycles.